The average Bonchev–Trinajstić information content (AvgIpc) is 2.48. The maximum atomic E-state index is 5.97. The fourth-order valence-corrected chi connectivity index (χ4v) is 3.18. The van der Waals surface area contributed by atoms with Gasteiger partial charge in [-0.05, 0) is 47.2 Å². The van der Waals surface area contributed by atoms with E-state index in [4.69, 9.17) is 11.6 Å². The molecule has 0 saturated heterocycles. The zero-order chi connectivity index (χ0) is 14.9. The van der Waals surface area contributed by atoms with E-state index in [0.717, 1.165) is 41.6 Å². The zero-order valence-electron chi connectivity index (χ0n) is 11.7. The predicted octanol–water partition coefficient (Wildman–Crippen LogP) is 3.50. The molecule has 6 heteroatoms. The fourth-order valence-electron chi connectivity index (χ4n) is 2.44. The van der Waals surface area contributed by atoms with Gasteiger partial charge in [0.25, 0.3) is 0 Å². The molecule has 21 heavy (non-hydrogen) atoms. The van der Waals surface area contributed by atoms with Crippen molar-refractivity contribution in [3.05, 3.63) is 52.4 Å². The summed E-state index contributed by atoms with van der Waals surface area (Å²) >= 11 is 8.36. The van der Waals surface area contributed by atoms with Gasteiger partial charge in [-0.2, -0.15) is 0 Å². The Hall–Kier alpha value is -0.920. The Kier molecular flexibility index (Phi) is 4.33. The first-order chi connectivity index (χ1) is 10.1. The highest BCUT2D eigenvalue weighted by atomic mass is 127. The van der Waals surface area contributed by atoms with E-state index < -0.39 is 0 Å². The lowest BCUT2D eigenvalue weighted by Crippen LogP contribution is -2.30. The number of hydrogen-bond acceptors (Lipinski definition) is 4. The summed E-state index contributed by atoms with van der Waals surface area (Å²) in [5.74, 6) is 0.902. The number of nitrogens with zero attached hydrogens (tertiary/aromatic N) is 2. The van der Waals surface area contributed by atoms with E-state index in [0.29, 0.717) is 0 Å². The van der Waals surface area contributed by atoms with Crippen LogP contribution >= 0.6 is 34.2 Å². The molecule has 110 valence electrons. The number of fused-ring (bicyclic) bond motifs is 1. The summed E-state index contributed by atoms with van der Waals surface area (Å²) in [7, 11) is 0. The summed E-state index contributed by atoms with van der Waals surface area (Å²) in [4.78, 5) is 8.81. The molecule has 1 aliphatic heterocycles. The minimum absolute atomic E-state index is 0.262. The third-order valence-electron chi connectivity index (χ3n) is 3.61. The van der Waals surface area contributed by atoms with Crippen LogP contribution in [0.15, 0.2) is 30.6 Å². The number of anilines is 1. The lowest BCUT2D eigenvalue weighted by atomic mass is 10.1. The van der Waals surface area contributed by atoms with Crippen LogP contribution in [-0.4, -0.2) is 16.5 Å². The molecule has 0 bridgehead atoms. The molecule has 1 aliphatic rings. The lowest BCUT2D eigenvalue weighted by Gasteiger charge is -2.28. The van der Waals surface area contributed by atoms with Crippen molar-refractivity contribution in [2.75, 3.05) is 11.9 Å². The van der Waals surface area contributed by atoms with Crippen LogP contribution in [0.25, 0.3) is 0 Å². The number of hydrogen-bond donors (Lipinski definition) is 2. The second-order valence-electron chi connectivity index (χ2n) is 5.21. The molecular formula is C15H16ClIN4. The average molecular weight is 415 g/mol. The van der Waals surface area contributed by atoms with Crippen molar-refractivity contribution < 1.29 is 0 Å². The van der Waals surface area contributed by atoms with Gasteiger partial charge in [0.05, 0.1) is 5.69 Å². The molecule has 1 aromatic carbocycles. The number of benzene rings is 1. The summed E-state index contributed by atoms with van der Waals surface area (Å²) in [5, 5.41) is 7.65. The Morgan fingerprint density at radius 3 is 2.81 bits per heavy atom. The van der Waals surface area contributed by atoms with Crippen molar-refractivity contribution in [1.82, 2.24) is 15.3 Å². The topological polar surface area (TPSA) is 49.8 Å². The monoisotopic (exact) mass is 414 g/mol. The highest BCUT2D eigenvalue weighted by Gasteiger charge is 2.25. The van der Waals surface area contributed by atoms with Crippen LogP contribution in [0.4, 0.5) is 5.82 Å². The molecule has 1 unspecified atom stereocenters. The normalized spacial score (nSPS) is 16.9. The van der Waals surface area contributed by atoms with Gasteiger partial charge in [-0.15, -0.1) is 0 Å². The van der Waals surface area contributed by atoms with Gasteiger partial charge in [-0.1, -0.05) is 23.7 Å². The summed E-state index contributed by atoms with van der Waals surface area (Å²) in [6.45, 7) is 3.91. The molecule has 0 saturated carbocycles. The molecule has 0 amide bonds. The van der Waals surface area contributed by atoms with Crippen molar-refractivity contribution >= 4 is 40.0 Å². The minimum Gasteiger partial charge on any atom is -0.352 e. The second kappa shape index (κ2) is 6.06. The molecule has 2 heterocycles. The van der Waals surface area contributed by atoms with Crippen LogP contribution in [0, 0.1) is 0 Å². The Labute approximate surface area is 142 Å². The fraction of sp³-hybridized carbons (Fsp3) is 0.333. The van der Waals surface area contributed by atoms with Gasteiger partial charge in [-0.25, -0.2) is 9.97 Å². The predicted molar refractivity (Wildman–Crippen MR) is 93.9 cm³/mol. The molecular weight excluding hydrogens is 399 g/mol. The first-order valence-corrected chi connectivity index (χ1v) is 8.28. The van der Waals surface area contributed by atoms with E-state index in [9.17, 15) is 0 Å². The van der Waals surface area contributed by atoms with E-state index in [-0.39, 0.29) is 3.55 Å². The largest absolute Gasteiger partial charge is 0.352 e. The number of rotatable bonds is 3. The Balaban J connectivity index is 1.90. The standard InChI is InChI=1S/C15H16ClIN4/c1-15(17,10-2-4-11(16)5-3-10)21-14-12-8-18-7-6-13(12)19-9-20-14/h2-5,9,18H,6-8H2,1H3,(H,19,20,21). The summed E-state index contributed by atoms with van der Waals surface area (Å²) < 4.78 is -0.262. The van der Waals surface area contributed by atoms with E-state index in [1.807, 2.05) is 24.3 Å². The molecule has 2 N–H and O–H groups in total. The van der Waals surface area contributed by atoms with Crippen LogP contribution in [0.5, 0.6) is 0 Å². The minimum atomic E-state index is -0.262. The van der Waals surface area contributed by atoms with Gasteiger partial charge in [0.2, 0.25) is 0 Å². The second-order valence-corrected chi connectivity index (χ2v) is 7.80. The summed E-state index contributed by atoms with van der Waals surface area (Å²) in [6, 6.07) is 7.89. The highest BCUT2D eigenvalue weighted by Crippen LogP contribution is 2.34. The SMILES string of the molecule is CC(I)(Nc1ncnc2c1CNCC2)c1ccc(Cl)cc1. The third kappa shape index (κ3) is 3.30. The van der Waals surface area contributed by atoms with Crippen molar-refractivity contribution in [3.63, 3.8) is 0 Å². The molecule has 1 aromatic heterocycles. The highest BCUT2D eigenvalue weighted by molar-refractivity contribution is 14.1. The lowest BCUT2D eigenvalue weighted by molar-refractivity contribution is 0.625. The van der Waals surface area contributed by atoms with Crippen LogP contribution in [0.3, 0.4) is 0 Å². The van der Waals surface area contributed by atoms with E-state index in [1.165, 1.54) is 5.56 Å². The summed E-state index contributed by atoms with van der Waals surface area (Å²) in [5.41, 5.74) is 3.46. The maximum absolute atomic E-state index is 5.97. The smallest absolute Gasteiger partial charge is 0.135 e. The number of nitrogens with one attached hydrogen (secondary N) is 2. The van der Waals surface area contributed by atoms with E-state index in [1.54, 1.807) is 6.33 Å². The molecule has 1 atom stereocenters. The van der Waals surface area contributed by atoms with Crippen molar-refractivity contribution in [2.45, 2.75) is 23.4 Å². The quantitative estimate of drug-likeness (QED) is 0.459. The molecule has 0 radical (unpaired) electrons. The van der Waals surface area contributed by atoms with Gasteiger partial charge >= 0.3 is 0 Å². The van der Waals surface area contributed by atoms with Gasteiger partial charge in [0.15, 0.2) is 0 Å². The molecule has 3 rings (SSSR count). The van der Waals surface area contributed by atoms with E-state index >= 15 is 0 Å². The van der Waals surface area contributed by atoms with Crippen LogP contribution < -0.4 is 10.6 Å². The van der Waals surface area contributed by atoms with Crippen LogP contribution in [0.1, 0.15) is 23.7 Å². The van der Waals surface area contributed by atoms with Gasteiger partial charge < -0.3 is 10.6 Å². The number of halogens is 2. The van der Waals surface area contributed by atoms with Crippen molar-refractivity contribution in [3.8, 4) is 0 Å². The van der Waals surface area contributed by atoms with Crippen LogP contribution in [0.2, 0.25) is 5.02 Å². The van der Waals surface area contributed by atoms with Gasteiger partial charge in [0.1, 0.15) is 15.7 Å². The Morgan fingerprint density at radius 1 is 1.29 bits per heavy atom. The molecule has 0 spiro atoms. The first-order valence-electron chi connectivity index (χ1n) is 6.83. The van der Waals surface area contributed by atoms with Crippen LogP contribution in [-0.2, 0) is 16.5 Å². The molecule has 0 aliphatic carbocycles. The van der Waals surface area contributed by atoms with E-state index in [2.05, 4.69) is 50.1 Å². The molecule has 4 nitrogen and oxygen atoms in total. The van der Waals surface area contributed by atoms with Gasteiger partial charge in [0, 0.05) is 30.1 Å². The third-order valence-corrected chi connectivity index (χ3v) is 4.76. The zero-order valence-corrected chi connectivity index (χ0v) is 14.6. The molecule has 0 fully saturated rings. The van der Waals surface area contributed by atoms with Crippen molar-refractivity contribution in [1.29, 1.82) is 0 Å². The van der Waals surface area contributed by atoms with Crippen molar-refractivity contribution in [2.24, 2.45) is 0 Å². The van der Waals surface area contributed by atoms with Gasteiger partial charge in [-0.3, -0.25) is 0 Å². The Bertz CT molecular complexity index is 643. The summed E-state index contributed by atoms with van der Waals surface area (Å²) in [6.07, 6.45) is 2.59. The first kappa shape index (κ1) is 15.0. The maximum Gasteiger partial charge on any atom is 0.135 e. The number of alkyl halides is 1. The number of aromatic nitrogens is 2. The molecule has 2 aromatic rings. The Morgan fingerprint density at radius 2 is 2.05 bits per heavy atom.